The van der Waals surface area contributed by atoms with Gasteiger partial charge in [0, 0.05) is 61.0 Å². The van der Waals surface area contributed by atoms with Crippen molar-refractivity contribution in [3.8, 4) is 0 Å². The van der Waals surface area contributed by atoms with Crippen molar-refractivity contribution in [1.82, 2.24) is 19.4 Å². The van der Waals surface area contributed by atoms with Gasteiger partial charge in [0.1, 0.15) is 0 Å². The maximum Gasteiger partial charge on any atom is 0.348 e. The maximum absolute atomic E-state index is 12.2. The molecule has 1 unspecified atom stereocenters. The second-order valence-corrected chi connectivity index (χ2v) is 7.66. The summed E-state index contributed by atoms with van der Waals surface area (Å²) in [6, 6.07) is 6.22. The summed E-state index contributed by atoms with van der Waals surface area (Å²) in [5.74, 6) is 0. The fourth-order valence-corrected chi connectivity index (χ4v) is 4.94. The van der Waals surface area contributed by atoms with Crippen molar-refractivity contribution in [2.75, 3.05) is 39.3 Å². The van der Waals surface area contributed by atoms with Crippen LogP contribution in [0.25, 0.3) is 10.9 Å². The van der Waals surface area contributed by atoms with Crippen LogP contribution in [0.1, 0.15) is 6.92 Å². The summed E-state index contributed by atoms with van der Waals surface area (Å²) in [5.41, 5.74) is 0.940. The summed E-state index contributed by atoms with van der Waals surface area (Å²) in [7, 11) is 0. The maximum atomic E-state index is 12.2. The zero-order valence-corrected chi connectivity index (χ0v) is 14.3. The Bertz CT molecular complexity index is 767. The van der Waals surface area contributed by atoms with E-state index in [4.69, 9.17) is 0 Å². The van der Waals surface area contributed by atoms with E-state index in [0.717, 1.165) is 56.7 Å². The molecule has 1 aromatic heterocycles. The highest BCUT2D eigenvalue weighted by Crippen LogP contribution is 2.35. The first kappa shape index (κ1) is 15.2. The van der Waals surface area contributed by atoms with Crippen LogP contribution < -0.4 is 5.69 Å². The van der Waals surface area contributed by atoms with Crippen LogP contribution in [0, 0.1) is 0 Å². The second-order valence-electron chi connectivity index (χ2n) is 6.32. The Hall–Kier alpha value is -1.37. The number of hydrogen-bond acceptors (Lipinski definition) is 5. The standard InChI is InChI=1S/C17H22N4OS/c1-2-19-6-8-20(9-7-19)11-14-12-21-16-13(10-18-17(21)22)4-3-5-15(16)23-14/h3-5,10,14H,2,6-9,11-12H2,1H3. The molecule has 2 aliphatic rings. The van der Waals surface area contributed by atoms with Gasteiger partial charge in [0.25, 0.3) is 0 Å². The van der Waals surface area contributed by atoms with E-state index >= 15 is 0 Å². The topological polar surface area (TPSA) is 41.4 Å². The lowest BCUT2D eigenvalue weighted by molar-refractivity contribution is 0.136. The highest BCUT2D eigenvalue weighted by molar-refractivity contribution is 8.00. The number of benzene rings is 1. The number of thioether (sulfide) groups is 1. The molecule has 23 heavy (non-hydrogen) atoms. The van der Waals surface area contributed by atoms with Gasteiger partial charge in [-0.1, -0.05) is 19.1 Å². The summed E-state index contributed by atoms with van der Waals surface area (Å²) in [6.45, 7) is 9.74. The van der Waals surface area contributed by atoms with E-state index in [-0.39, 0.29) is 5.69 Å². The van der Waals surface area contributed by atoms with Crippen molar-refractivity contribution in [1.29, 1.82) is 0 Å². The van der Waals surface area contributed by atoms with Crippen LogP contribution in [0.5, 0.6) is 0 Å². The molecule has 0 amide bonds. The van der Waals surface area contributed by atoms with Gasteiger partial charge >= 0.3 is 5.69 Å². The summed E-state index contributed by atoms with van der Waals surface area (Å²) in [5, 5.41) is 1.48. The van der Waals surface area contributed by atoms with Crippen molar-refractivity contribution in [3.05, 3.63) is 34.9 Å². The van der Waals surface area contributed by atoms with E-state index in [1.54, 1.807) is 6.20 Å². The van der Waals surface area contributed by atoms with E-state index in [2.05, 4.69) is 33.8 Å². The molecule has 2 aliphatic heterocycles. The van der Waals surface area contributed by atoms with Crippen LogP contribution in [0.15, 0.2) is 34.1 Å². The average molecular weight is 330 g/mol. The number of likely N-dealkylation sites (N-methyl/N-ethyl adjacent to an activating group) is 1. The minimum absolute atomic E-state index is 0.119. The van der Waals surface area contributed by atoms with Crippen molar-refractivity contribution in [2.45, 2.75) is 23.6 Å². The number of aromatic nitrogens is 2. The van der Waals surface area contributed by atoms with Gasteiger partial charge in [-0.15, -0.1) is 11.8 Å². The molecule has 0 aliphatic carbocycles. The predicted molar refractivity (Wildman–Crippen MR) is 94.2 cm³/mol. The highest BCUT2D eigenvalue weighted by Gasteiger charge is 2.25. The minimum Gasteiger partial charge on any atom is -0.301 e. The SMILES string of the molecule is CCN1CCN(CC2Cn3c(=O)ncc4cccc(c43)S2)CC1. The third kappa shape index (κ3) is 2.91. The van der Waals surface area contributed by atoms with E-state index in [9.17, 15) is 4.79 Å². The summed E-state index contributed by atoms with van der Waals surface area (Å²) >= 11 is 1.92. The molecule has 0 bridgehead atoms. The van der Waals surface area contributed by atoms with Crippen LogP contribution in [-0.4, -0.2) is 63.9 Å². The molecule has 122 valence electrons. The Morgan fingerprint density at radius 1 is 1.22 bits per heavy atom. The van der Waals surface area contributed by atoms with Crippen molar-refractivity contribution in [3.63, 3.8) is 0 Å². The zero-order chi connectivity index (χ0) is 15.8. The number of hydrogen-bond donors (Lipinski definition) is 0. The molecular formula is C17H22N4OS. The van der Waals surface area contributed by atoms with Crippen molar-refractivity contribution in [2.24, 2.45) is 0 Å². The summed E-state index contributed by atoms with van der Waals surface area (Å²) in [4.78, 5) is 22.5. The molecule has 0 N–H and O–H groups in total. The van der Waals surface area contributed by atoms with Crippen LogP contribution in [-0.2, 0) is 6.54 Å². The van der Waals surface area contributed by atoms with Gasteiger partial charge in [-0.3, -0.25) is 9.47 Å². The van der Waals surface area contributed by atoms with Gasteiger partial charge in [0.05, 0.1) is 5.52 Å². The molecule has 6 heteroatoms. The van der Waals surface area contributed by atoms with Gasteiger partial charge in [0.2, 0.25) is 0 Å². The van der Waals surface area contributed by atoms with Crippen LogP contribution in [0.2, 0.25) is 0 Å². The molecule has 3 heterocycles. The number of para-hydroxylation sites is 1. The molecule has 0 radical (unpaired) electrons. The summed E-state index contributed by atoms with van der Waals surface area (Å²) < 4.78 is 1.87. The Morgan fingerprint density at radius 2 is 2.00 bits per heavy atom. The average Bonchev–Trinajstić information content (AvgIpc) is 2.59. The van der Waals surface area contributed by atoms with Gasteiger partial charge in [-0.25, -0.2) is 9.78 Å². The largest absolute Gasteiger partial charge is 0.348 e. The van der Waals surface area contributed by atoms with E-state index in [0.29, 0.717) is 5.25 Å². The monoisotopic (exact) mass is 330 g/mol. The molecule has 1 fully saturated rings. The molecule has 1 aromatic carbocycles. The first-order chi connectivity index (χ1) is 11.2. The lowest BCUT2D eigenvalue weighted by Gasteiger charge is -2.36. The first-order valence-corrected chi connectivity index (χ1v) is 9.22. The Morgan fingerprint density at radius 3 is 2.78 bits per heavy atom. The normalized spacial score (nSPS) is 22.6. The van der Waals surface area contributed by atoms with Crippen molar-refractivity contribution >= 4 is 22.7 Å². The fraction of sp³-hybridized carbons (Fsp3) is 0.529. The van der Waals surface area contributed by atoms with Crippen LogP contribution >= 0.6 is 11.8 Å². The molecule has 1 atom stereocenters. The Balaban J connectivity index is 1.54. The number of piperazine rings is 1. The third-order valence-electron chi connectivity index (χ3n) is 4.90. The molecule has 0 saturated carbocycles. The minimum atomic E-state index is -0.119. The molecule has 4 rings (SSSR count). The molecule has 1 saturated heterocycles. The van der Waals surface area contributed by atoms with Crippen molar-refractivity contribution < 1.29 is 0 Å². The van der Waals surface area contributed by atoms with Gasteiger partial charge in [-0.2, -0.15) is 0 Å². The molecule has 0 spiro atoms. The van der Waals surface area contributed by atoms with Gasteiger partial charge in [0.15, 0.2) is 0 Å². The molecule has 5 nitrogen and oxygen atoms in total. The molecule has 2 aromatic rings. The Labute approximate surface area is 140 Å². The Kier molecular flexibility index (Phi) is 4.13. The van der Waals surface area contributed by atoms with E-state index < -0.39 is 0 Å². The summed E-state index contributed by atoms with van der Waals surface area (Å²) in [6.07, 6.45) is 1.70. The lowest BCUT2D eigenvalue weighted by atomic mass is 10.2. The van der Waals surface area contributed by atoms with Crippen LogP contribution in [0.4, 0.5) is 0 Å². The second kappa shape index (κ2) is 6.26. The predicted octanol–water partition coefficient (Wildman–Crippen LogP) is 1.51. The zero-order valence-electron chi connectivity index (χ0n) is 13.4. The number of rotatable bonds is 3. The van der Waals surface area contributed by atoms with E-state index in [1.807, 2.05) is 22.4 Å². The van der Waals surface area contributed by atoms with E-state index in [1.165, 1.54) is 4.90 Å². The third-order valence-corrected chi connectivity index (χ3v) is 6.11. The molecular weight excluding hydrogens is 308 g/mol. The lowest BCUT2D eigenvalue weighted by Crippen LogP contribution is -2.48. The quantitative estimate of drug-likeness (QED) is 0.853. The highest BCUT2D eigenvalue weighted by atomic mass is 32.2. The van der Waals surface area contributed by atoms with Gasteiger partial charge < -0.3 is 4.90 Å². The van der Waals surface area contributed by atoms with Crippen LogP contribution in [0.3, 0.4) is 0 Å². The van der Waals surface area contributed by atoms with Gasteiger partial charge in [-0.05, 0) is 12.6 Å². The first-order valence-electron chi connectivity index (χ1n) is 8.34. The smallest absolute Gasteiger partial charge is 0.301 e. The fourth-order valence-electron chi connectivity index (χ4n) is 3.58. The number of nitrogens with zero attached hydrogens (tertiary/aromatic N) is 4.